The Labute approximate surface area is 166 Å². The average molecular weight is 408 g/mol. The molecule has 0 aromatic carbocycles. The second-order valence-corrected chi connectivity index (χ2v) is 7.31. The minimum Gasteiger partial charge on any atom is -0.475 e. The van der Waals surface area contributed by atoms with E-state index in [9.17, 15) is 13.2 Å². The maximum atomic E-state index is 10.6. The van der Waals surface area contributed by atoms with Crippen molar-refractivity contribution in [1.29, 1.82) is 0 Å². The van der Waals surface area contributed by atoms with Gasteiger partial charge in [-0.25, -0.2) is 14.8 Å². The Kier molecular flexibility index (Phi) is 6.46. The second-order valence-electron chi connectivity index (χ2n) is 7.31. The van der Waals surface area contributed by atoms with Gasteiger partial charge in [-0.1, -0.05) is 6.07 Å². The van der Waals surface area contributed by atoms with Crippen LogP contribution in [0.1, 0.15) is 47.1 Å². The molecule has 0 unspecified atom stereocenters. The van der Waals surface area contributed by atoms with Crippen LogP contribution in [0.5, 0.6) is 0 Å². The predicted octanol–water partition coefficient (Wildman–Crippen LogP) is 3.29. The molecule has 1 fully saturated rings. The molecule has 2 aromatic heterocycles. The van der Waals surface area contributed by atoms with Crippen molar-refractivity contribution in [3.63, 3.8) is 0 Å². The number of alkyl halides is 3. The first-order valence-corrected chi connectivity index (χ1v) is 9.51. The Bertz CT molecular complexity index is 869. The summed E-state index contributed by atoms with van der Waals surface area (Å²) in [5.41, 5.74) is 6.30. The molecule has 9 heteroatoms. The van der Waals surface area contributed by atoms with Crippen molar-refractivity contribution >= 4 is 5.97 Å². The number of aliphatic carboxylic acids is 1. The average Bonchev–Trinajstić information content (AvgIpc) is 3.49. The molecule has 4 rings (SSSR count). The molecule has 1 aliphatic carbocycles. The smallest absolute Gasteiger partial charge is 0.475 e. The van der Waals surface area contributed by atoms with Crippen molar-refractivity contribution in [2.24, 2.45) is 0 Å². The normalized spacial score (nSPS) is 17.0. The molecular weight excluding hydrogens is 385 g/mol. The summed E-state index contributed by atoms with van der Waals surface area (Å²) in [4.78, 5) is 25.2. The molecule has 0 bridgehead atoms. The summed E-state index contributed by atoms with van der Waals surface area (Å²) < 4.78 is 31.7. The number of rotatable bonds is 3. The molecule has 1 saturated carbocycles. The third kappa shape index (κ3) is 5.96. The van der Waals surface area contributed by atoms with Crippen LogP contribution in [0.4, 0.5) is 13.2 Å². The van der Waals surface area contributed by atoms with Crippen LogP contribution in [0.15, 0.2) is 24.5 Å². The lowest BCUT2D eigenvalue weighted by molar-refractivity contribution is -0.192. The number of pyridine rings is 1. The van der Waals surface area contributed by atoms with E-state index >= 15 is 0 Å². The van der Waals surface area contributed by atoms with Gasteiger partial charge in [-0.2, -0.15) is 13.2 Å². The first-order valence-electron chi connectivity index (χ1n) is 9.51. The van der Waals surface area contributed by atoms with Gasteiger partial charge in [0.1, 0.15) is 6.33 Å². The summed E-state index contributed by atoms with van der Waals surface area (Å²) in [6.45, 7) is 5.13. The van der Waals surface area contributed by atoms with Gasteiger partial charge < -0.3 is 5.11 Å². The Morgan fingerprint density at radius 2 is 1.90 bits per heavy atom. The Morgan fingerprint density at radius 1 is 1.21 bits per heavy atom. The zero-order chi connectivity index (χ0) is 21.0. The van der Waals surface area contributed by atoms with Gasteiger partial charge in [-0.15, -0.1) is 0 Å². The number of carbonyl (C=O) groups is 1. The number of nitrogens with zero attached hydrogens (tertiary/aromatic N) is 4. The van der Waals surface area contributed by atoms with Crippen LogP contribution in [0.2, 0.25) is 0 Å². The standard InChI is InChI=1S/C18H22N4.C2HF3O2/c1-13-3-2-4-15(21-13)11-22-9-7-16-17(8-10-22)19-12-20-18(16)14-5-6-14;3-2(4,5)1(6)7/h2-4,12,14H,5-11H2,1H3;(H,6,7). The van der Waals surface area contributed by atoms with E-state index in [-0.39, 0.29) is 0 Å². The maximum Gasteiger partial charge on any atom is 0.490 e. The third-order valence-electron chi connectivity index (χ3n) is 4.95. The van der Waals surface area contributed by atoms with Gasteiger partial charge in [0.05, 0.1) is 11.4 Å². The lowest BCUT2D eigenvalue weighted by atomic mass is 10.0. The summed E-state index contributed by atoms with van der Waals surface area (Å²) >= 11 is 0. The molecule has 0 radical (unpaired) electrons. The van der Waals surface area contributed by atoms with E-state index in [1.165, 1.54) is 35.5 Å². The molecular formula is C20H23F3N4O2. The number of carboxylic acid groups (broad SMARTS) is 1. The maximum absolute atomic E-state index is 10.6. The highest BCUT2D eigenvalue weighted by molar-refractivity contribution is 5.73. The number of aromatic nitrogens is 3. The van der Waals surface area contributed by atoms with E-state index in [0.29, 0.717) is 5.92 Å². The number of carboxylic acids is 1. The number of fused-ring (bicyclic) bond motifs is 1. The van der Waals surface area contributed by atoms with Crippen molar-refractivity contribution in [3.05, 3.63) is 52.9 Å². The topological polar surface area (TPSA) is 79.2 Å². The van der Waals surface area contributed by atoms with Gasteiger partial charge >= 0.3 is 12.1 Å². The molecule has 3 heterocycles. The summed E-state index contributed by atoms with van der Waals surface area (Å²) in [5.74, 6) is -2.05. The third-order valence-corrected chi connectivity index (χ3v) is 4.95. The van der Waals surface area contributed by atoms with Crippen LogP contribution in [0, 0.1) is 6.92 Å². The van der Waals surface area contributed by atoms with Gasteiger partial charge in [0, 0.05) is 43.4 Å². The minimum absolute atomic E-state index is 0.710. The number of hydrogen-bond donors (Lipinski definition) is 1. The lowest BCUT2D eigenvalue weighted by Gasteiger charge is -2.19. The molecule has 2 aliphatic rings. The zero-order valence-corrected chi connectivity index (χ0v) is 16.1. The van der Waals surface area contributed by atoms with Gasteiger partial charge in [-0.05, 0) is 43.9 Å². The van der Waals surface area contributed by atoms with Crippen LogP contribution in [0.25, 0.3) is 0 Å². The van der Waals surface area contributed by atoms with Gasteiger partial charge in [0.25, 0.3) is 0 Å². The van der Waals surface area contributed by atoms with Gasteiger partial charge in [-0.3, -0.25) is 9.88 Å². The zero-order valence-electron chi connectivity index (χ0n) is 16.1. The summed E-state index contributed by atoms with van der Waals surface area (Å²) in [5, 5.41) is 7.12. The molecule has 0 spiro atoms. The first-order chi connectivity index (χ1) is 13.7. The molecule has 2 aromatic rings. The Morgan fingerprint density at radius 3 is 2.52 bits per heavy atom. The highest BCUT2D eigenvalue weighted by Gasteiger charge is 2.38. The van der Waals surface area contributed by atoms with E-state index in [4.69, 9.17) is 9.90 Å². The van der Waals surface area contributed by atoms with E-state index in [1.54, 1.807) is 6.33 Å². The fourth-order valence-corrected chi connectivity index (χ4v) is 3.38. The SMILES string of the molecule is Cc1cccc(CN2CCc3ncnc(C4CC4)c3CC2)n1.O=C(O)C(F)(F)F. The van der Waals surface area contributed by atoms with Crippen molar-refractivity contribution in [1.82, 2.24) is 19.9 Å². The second kappa shape index (κ2) is 8.86. The van der Waals surface area contributed by atoms with Crippen LogP contribution < -0.4 is 0 Å². The lowest BCUT2D eigenvalue weighted by Crippen LogP contribution is -2.26. The number of hydrogen-bond acceptors (Lipinski definition) is 5. The fraction of sp³-hybridized carbons (Fsp3) is 0.500. The van der Waals surface area contributed by atoms with Crippen molar-refractivity contribution < 1.29 is 23.1 Å². The van der Waals surface area contributed by atoms with Crippen LogP contribution in [-0.2, 0) is 24.2 Å². The Hall–Kier alpha value is -2.55. The van der Waals surface area contributed by atoms with E-state index < -0.39 is 12.1 Å². The minimum atomic E-state index is -5.08. The van der Waals surface area contributed by atoms with Crippen LogP contribution >= 0.6 is 0 Å². The van der Waals surface area contributed by atoms with Crippen LogP contribution in [0.3, 0.4) is 0 Å². The van der Waals surface area contributed by atoms with Crippen molar-refractivity contribution in [3.8, 4) is 0 Å². The van der Waals surface area contributed by atoms with E-state index in [2.05, 4.69) is 45.0 Å². The quantitative estimate of drug-likeness (QED) is 0.840. The largest absolute Gasteiger partial charge is 0.490 e. The Balaban J connectivity index is 0.000000298. The summed E-state index contributed by atoms with van der Waals surface area (Å²) in [7, 11) is 0. The van der Waals surface area contributed by atoms with Gasteiger partial charge in [0.2, 0.25) is 0 Å². The summed E-state index contributed by atoms with van der Waals surface area (Å²) in [6, 6.07) is 6.28. The highest BCUT2D eigenvalue weighted by Crippen LogP contribution is 2.41. The molecule has 156 valence electrons. The molecule has 0 saturated heterocycles. The number of halogens is 3. The monoisotopic (exact) mass is 408 g/mol. The number of aryl methyl sites for hydroxylation is 1. The van der Waals surface area contributed by atoms with E-state index in [0.717, 1.165) is 38.2 Å². The molecule has 1 N–H and O–H groups in total. The molecule has 29 heavy (non-hydrogen) atoms. The fourth-order valence-electron chi connectivity index (χ4n) is 3.38. The molecule has 1 aliphatic heterocycles. The first kappa shape index (κ1) is 21.2. The van der Waals surface area contributed by atoms with Crippen molar-refractivity contribution in [2.45, 2.75) is 51.2 Å². The van der Waals surface area contributed by atoms with Gasteiger partial charge in [0.15, 0.2) is 0 Å². The van der Waals surface area contributed by atoms with E-state index in [1.807, 2.05) is 0 Å². The van der Waals surface area contributed by atoms with Crippen molar-refractivity contribution in [2.75, 3.05) is 13.1 Å². The summed E-state index contributed by atoms with van der Waals surface area (Å²) in [6.07, 6.45) is 1.40. The molecule has 6 nitrogen and oxygen atoms in total. The molecule has 0 amide bonds. The van der Waals surface area contributed by atoms with Crippen LogP contribution in [-0.4, -0.2) is 50.2 Å². The highest BCUT2D eigenvalue weighted by atomic mass is 19.4. The molecule has 0 atom stereocenters. The predicted molar refractivity (Wildman–Crippen MR) is 99.4 cm³/mol.